The Kier molecular flexibility index (Phi) is 5.34. The van der Waals surface area contributed by atoms with Crippen molar-refractivity contribution in [1.29, 1.82) is 0 Å². The zero-order chi connectivity index (χ0) is 13.5. The molecule has 1 aromatic rings. The molecule has 0 fully saturated rings. The summed E-state index contributed by atoms with van der Waals surface area (Å²) in [5.74, 6) is 0. The summed E-state index contributed by atoms with van der Waals surface area (Å²) >= 11 is 3.42. The van der Waals surface area contributed by atoms with E-state index in [1.54, 1.807) is 0 Å². The van der Waals surface area contributed by atoms with Crippen LogP contribution in [-0.2, 0) is 0 Å². The lowest BCUT2D eigenvalue weighted by Crippen LogP contribution is -1.87. The van der Waals surface area contributed by atoms with Crippen molar-refractivity contribution in [3.05, 3.63) is 65.8 Å². The van der Waals surface area contributed by atoms with Gasteiger partial charge in [-0.25, -0.2) is 4.99 Å². The molecule has 1 aromatic carbocycles. The minimum absolute atomic E-state index is 0.899. The van der Waals surface area contributed by atoms with Crippen molar-refractivity contribution in [3.8, 4) is 0 Å². The van der Waals surface area contributed by atoms with Crippen LogP contribution in [0.3, 0.4) is 0 Å². The average Bonchev–Trinajstić information content (AvgIpc) is 2.45. The Labute approximate surface area is 123 Å². The fourth-order valence-electron chi connectivity index (χ4n) is 2.04. The van der Waals surface area contributed by atoms with Gasteiger partial charge in [0.15, 0.2) is 0 Å². The van der Waals surface area contributed by atoms with Gasteiger partial charge < -0.3 is 0 Å². The molecule has 2 heteroatoms. The third kappa shape index (κ3) is 4.64. The third-order valence-electron chi connectivity index (χ3n) is 2.95. The predicted molar refractivity (Wildman–Crippen MR) is 87.5 cm³/mol. The number of aliphatic imine (C=N–C) groups is 1. The number of rotatable bonds is 4. The van der Waals surface area contributed by atoms with Gasteiger partial charge in [0.1, 0.15) is 0 Å². The second kappa shape index (κ2) is 7.25. The Morgan fingerprint density at radius 3 is 2.68 bits per heavy atom. The highest BCUT2D eigenvalue weighted by atomic mass is 79.9. The van der Waals surface area contributed by atoms with Gasteiger partial charge in [0.05, 0.1) is 10.3 Å². The second-order valence-corrected chi connectivity index (χ2v) is 5.67. The molecule has 1 aliphatic carbocycles. The molecule has 0 amide bonds. The standard InChI is InChI=1S/C17H18BrN/c1-14(18)19-17(16-10-6-3-7-11-16)13-12-15-8-4-2-5-9-15/h3-4,6-11,13H,2,5,12H2,1H3/b17-13-,19-14?. The molecule has 0 atom stereocenters. The minimum Gasteiger partial charge on any atom is -0.246 e. The quantitative estimate of drug-likeness (QED) is 0.650. The largest absolute Gasteiger partial charge is 0.246 e. The molecule has 0 radical (unpaired) electrons. The number of hydrogen-bond acceptors (Lipinski definition) is 1. The summed E-state index contributed by atoms with van der Waals surface area (Å²) in [7, 11) is 0. The molecular weight excluding hydrogens is 298 g/mol. The zero-order valence-electron chi connectivity index (χ0n) is 11.1. The van der Waals surface area contributed by atoms with Crippen LogP contribution in [0, 0.1) is 0 Å². The van der Waals surface area contributed by atoms with E-state index in [0.717, 1.165) is 35.1 Å². The van der Waals surface area contributed by atoms with Crippen molar-refractivity contribution in [3.63, 3.8) is 0 Å². The van der Waals surface area contributed by atoms with E-state index in [1.165, 1.54) is 5.57 Å². The van der Waals surface area contributed by atoms with Gasteiger partial charge in [-0.15, -0.1) is 0 Å². The van der Waals surface area contributed by atoms with Gasteiger partial charge in [-0.2, -0.15) is 0 Å². The number of benzene rings is 1. The van der Waals surface area contributed by atoms with Crippen molar-refractivity contribution in [2.75, 3.05) is 0 Å². The van der Waals surface area contributed by atoms with Crippen molar-refractivity contribution in [2.45, 2.75) is 26.2 Å². The summed E-state index contributed by atoms with van der Waals surface area (Å²) in [6, 6.07) is 10.3. The van der Waals surface area contributed by atoms with E-state index in [9.17, 15) is 0 Å². The van der Waals surface area contributed by atoms with E-state index in [1.807, 2.05) is 25.1 Å². The fraction of sp³-hybridized carbons (Fsp3) is 0.235. The molecule has 0 unspecified atom stereocenters. The van der Waals surface area contributed by atoms with Crippen LogP contribution in [0.15, 0.2) is 65.2 Å². The molecule has 2 rings (SSSR count). The van der Waals surface area contributed by atoms with Gasteiger partial charge in [0.2, 0.25) is 0 Å². The molecule has 1 aliphatic rings. The highest BCUT2D eigenvalue weighted by Crippen LogP contribution is 2.21. The third-order valence-corrected chi connectivity index (χ3v) is 3.12. The zero-order valence-corrected chi connectivity index (χ0v) is 12.7. The number of allylic oxidation sites excluding steroid dienone is 5. The Hall–Kier alpha value is -1.41. The molecule has 0 saturated heterocycles. The van der Waals surface area contributed by atoms with Crippen molar-refractivity contribution < 1.29 is 0 Å². The highest BCUT2D eigenvalue weighted by molar-refractivity contribution is 9.18. The Morgan fingerprint density at radius 1 is 1.26 bits per heavy atom. The lowest BCUT2D eigenvalue weighted by Gasteiger charge is -2.06. The van der Waals surface area contributed by atoms with Gasteiger partial charge in [0.25, 0.3) is 0 Å². The molecule has 0 heterocycles. The summed E-state index contributed by atoms with van der Waals surface area (Å²) in [5, 5.41) is 0. The molecular formula is C17H18BrN. The minimum atomic E-state index is 0.899. The number of hydrogen-bond donors (Lipinski definition) is 0. The normalized spacial score (nSPS) is 16.4. The predicted octanol–water partition coefficient (Wildman–Crippen LogP) is 5.51. The Morgan fingerprint density at radius 2 is 2.05 bits per heavy atom. The summed E-state index contributed by atoms with van der Waals surface area (Å²) in [6.45, 7) is 1.95. The SMILES string of the molecule is CC(Br)=N/C(=C\CC1=CCCC=C1)c1ccccc1. The maximum absolute atomic E-state index is 4.57. The van der Waals surface area contributed by atoms with Gasteiger partial charge in [-0.3, -0.25) is 0 Å². The first-order chi connectivity index (χ1) is 9.25. The Bertz CT molecular complexity index is 532. The molecule has 0 aliphatic heterocycles. The molecule has 1 nitrogen and oxygen atoms in total. The van der Waals surface area contributed by atoms with E-state index in [4.69, 9.17) is 0 Å². The van der Waals surface area contributed by atoms with Crippen LogP contribution >= 0.6 is 15.9 Å². The second-order valence-electron chi connectivity index (χ2n) is 4.53. The number of nitrogens with zero attached hydrogens (tertiary/aromatic N) is 1. The summed E-state index contributed by atoms with van der Waals surface area (Å²) < 4.78 is 0.899. The van der Waals surface area contributed by atoms with Crippen LogP contribution < -0.4 is 0 Å². The molecule has 0 saturated carbocycles. The van der Waals surface area contributed by atoms with Crippen LogP contribution in [0.5, 0.6) is 0 Å². The lowest BCUT2D eigenvalue weighted by molar-refractivity contribution is 1.00. The molecule has 0 N–H and O–H groups in total. The molecule has 0 spiro atoms. The lowest BCUT2D eigenvalue weighted by atomic mass is 10.0. The van der Waals surface area contributed by atoms with Crippen LogP contribution in [0.4, 0.5) is 0 Å². The highest BCUT2D eigenvalue weighted by Gasteiger charge is 2.01. The maximum Gasteiger partial charge on any atom is 0.0805 e. The van der Waals surface area contributed by atoms with Gasteiger partial charge in [-0.1, -0.05) is 54.6 Å². The van der Waals surface area contributed by atoms with E-state index >= 15 is 0 Å². The van der Waals surface area contributed by atoms with E-state index in [-0.39, 0.29) is 0 Å². The fourth-order valence-corrected chi connectivity index (χ4v) is 2.23. The smallest absolute Gasteiger partial charge is 0.0805 e. The van der Waals surface area contributed by atoms with Crippen LogP contribution in [-0.4, -0.2) is 4.62 Å². The average molecular weight is 316 g/mol. The topological polar surface area (TPSA) is 12.4 Å². The summed E-state index contributed by atoms with van der Waals surface area (Å²) in [5.41, 5.74) is 3.55. The maximum atomic E-state index is 4.57. The molecule has 0 aromatic heterocycles. The molecule has 0 bridgehead atoms. The summed E-state index contributed by atoms with van der Waals surface area (Å²) in [6.07, 6.45) is 12.2. The molecule has 19 heavy (non-hydrogen) atoms. The van der Waals surface area contributed by atoms with E-state index in [0.29, 0.717) is 0 Å². The van der Waals surface area contributed by atoms with Crippen LogP contribution in [0.2, 0.25) is 0 Å². The first-order valence-corrected chi connectivity index (χ1v) is 7.37. The van der Waals surface area contributed by atoms with Crippen molar-refractivity contribution >= 4 is 26.2 Å². The van der Waals surface area contributed by atoms with Crippen molar-refractivity contribution in [1.82, 2.24) is 0 Å². The summed E-state index contributed by atoms with van der Waals surface area (Å²) in [4.78, 5) is 4.57. The van der Waals surface area contributed by atoms with Crippen molar-refractivity contribution in [2.24, 2.45) is 4.99 Å². The van der Waals surface area contributed by atoms with Crippen LogP contribution in [0.1, 0.15) is 31.7 Å². The first kappa shape index (κ1) is 14.0. The van der Waals surface area contributed by atoms with Gasteiger partial charge >= 0.3 is 0 Å². The number of halogens is 1. The van der Waals surface area contributed by atoms with Gasteiger partial charge in [-0.05, 0) is 53.3 Å². The van der Waals surface area contributed by atoms with Crippen LogP contribution in [0.25, 0.3) is 5.70 Å². The first-order valence-electron chi connectivity index (χ1n) is 6.57. The molecule has 98 valence electrons. The van der Waals surface area contributed by atoms with E-state index in [2.05, 4.69) is 57.4 Å². The van der Waals surface area contributed by atoms with Gasteiger partial charge in [0, 0.05) is 0 Å². The Balaban J connectivity index is 2.21. The monoisotopic (exact) mass is 315 g/mol. The van der Waals surface area contributed by atoms with E-state index < -0.39 is 0 Å².